The molecule has 4 rings (SSSR count). The second-order valence-electron chi connectivity index (χ2n) is 6.33. The highest BCUT2D eigenvalue weighted by Gasteiger charge is 2.15. The van der Waals surface area contributed by atoms with Crippen LogP contribution >= 0.6 is 0 Å². The number of benzene rings is 2. The van der Waals surface area contributed by atoms with Crippen LogP contribution in [0.2, 0.25) is 0 Å². The van der Waals surface area contributed by atoms with Crippen molar-refractivity contribution in [3.63, 3.8) is 0 Å². The maximum atomic E-state index is 14.1. The second kappa shape index (κ2) is 7.28. The third-order valence-electron chi connectivity index (χ3n) is 4.24. The Morgan fingerprint density at radius 2 is 1.86 bits per heavy atom. The van der Waals surface area contributed by atoms with E-state index in [1.165, 1.54) is 30.9 Å². The predicted octanol–water partition coefficient (Wildman–Crippen LogP) is 4.02. The summed E-state index contributed by atoms with van der Waals surface area (Å²) in [6.07, 6.45) is 1.07. The number of rotatable bonds is 5. The fraction of sp³-hybridized carbons (Fsp3) is 0.158. The molecule has 1 aliphatic rings. The van der Waals surface area contributed by atoms with Crippen molar-refractivity contribution in [3.05, 3.63) is 59.8 Å². The maximum absolute atomic E-state index is 14.1. The minimum atomic E-state index is -0.633. The van der Waals surface area contributed by atoms with Gasteiger partial charge in [-0.2, -0.15) is 4.98 Å². The SMILES string of the molecule is COc1cc(Nc2nc(Nc3ccc4c(c3)NN(C)C4)ncc2F)ccc1F. The first-order valence-corrected chi connectivity index (χ1v) is 8.52. The highest BCUT2D eigenvalue weighted by atomic mass is 19.1. The van der Waals surface area contributed by atoms with Gasteiger partial charge in [-0.15, -0.1) is 0 Å². The molecule has 0 radical (unpaired) electrons. The summed E-state index contributed by atoms with van der Waals surface area (Å²) < 4.78 is 32.6. The van der Waals surface area contributed by atoms with Gasteiger partial charge in [-0.3, -0.25) is 0 Å². The molecular weight excluding hydrogens is 366 g/mol. The van der Waals surface area contributed by atoms with Crippen molar-refractivity contribution >= 4 is 28.8 Å². The zero-order valence-corrected chi connectivity index (χ0v) is 15.3. The number of ether oxygens (including phenoxy) is 1. The van der Waals surface area contributed by atoms with Gasteiger partial charge in [-0.1, -0.05) is 6.07 Å². The lowest BCUT2D eigenvalue weighted by atomic mass is 10.2. The van der Waals surface area contributed by atoms with Gasteiger partial charge in [0.05, 0.1) is 19.0 Å². The number of hydrogen-bond donors (Lipinski definition) is 3. The van der Waals surface area contributed by atoms with Crippen LogP contribution in [0.5, 0.6) is 5.75 Å². The Kier molecular flexibility index (Phi) is 4.66. The fourth-order valence-corrected chi connectivity index (χ4v) is 2.92. The van der Waals surface area contributed by atoms with Gasteiger partial charge in [0, 0.05) is 31.0 Å². The van der Waals surface area contributed by atoms with Gasteiger partial charge in [-0.05, 0) is 29.8 Å². The topological polar surface area (TPSA) is 74.3 Å². The molecule has 3 aromatic rings. The molecule has 0 saturated heterocycles. The van der Waals surface area contributed by atoms with E-state index in [9.17, 15) is 8.78 Å². The number of aromatic nitrogens is 2. The van der Waals surface area contributed by atoms with Crippen molar-refractivity contribution in [2.45, 2.75) is 6.54 Å². The minimum absolute atomic E-state index is 0.0369. The smallest absolute Gasteiger partial charge is 0.229 e. The Hall–Kier alpha value is -3.46. The van der Waals surface area contributed by atoms with Crippen LogP contribution in [0.3, 0.4) is 0 Å². The Bertz CT molecular complexity index is 1030. The number of halogens is 2. The molecule has 2 heterocycles. The van der Waals surface area contributed by atoms with Gasteiger partial charge in [0.1, 0.15) is 0 Å². The average Bonchev–Trinajstić information content (AvgIpc) is 3.05. The summed E-state index contributed by atoms with van der Waals surface area (Å²) in [5, 5.41) is 7.85. The van der Waals surface area contributed by atoms with Crippen LogP contribution < -0.4 is 20.8 Å². The number of methoxy groups -OCH3 is 1. The number of nitrogens with zero attached hydrogens (tertiary/aromatic N) is 3. The molecule has 0 saturated carbocycles. The lowest BCUT2D eigenvalue weighted by molar-refractivity contribution is 0.387. The van der Waals surface area contributed by atoms with E-state index in [1.54, 1.807) is 0 Å². The van der Waals surface area contributed by atoms with Gasteiger partial charge in [-0.25, -0.2) is 18.8 Å². The van der Waals surface area contributed by atoms with E-state index in [0.29, 0.717) is 5.69 Å². The van der Waals surface area contributed by atoms with E-state index in [0.717, 1.165) is 24.1 Å². The lowest BCUT2D eigenvalue weighted by Gasteiger charge is -2.11. The summed E-state index contributed by atoms with van der Waals surface area (Å²) in [6, 6.07) is 9.96. The summed E-state index contributed by atoms with van der Waals surface area (Å²) in [7, 11) is 3.32. The molecule has 0 amide bonds. The molecule has 28 heavy (non-hydrogen) atoms. The quantitative estimate of drug-likeness (QED) is 0.613. The zero-order valence-electron chi connectivity index (χ0n) is 15.3. The van der Waals surface area contributed by atoms with E-state index in [2.05, 4.69) is 26.0 Å². The number of hydrazine groups is 1. The fourth-order valence-electron chi connectivity index (χ4n) is 2.92. The Morgan fingerprint density at radius 3 is 2.68 bits per heavy atom. The third-order valence-corrected chi connectivity index (χ3v) is 4.24. The molecule has 0 spiro atoms. The first kappa shape index (κ1) is 17.9. The van der Waals surface area contributed by atoms with E-state index in [1.807, 2.05) is 30.3 Å². The van der Waals surface area contributed by atoms with Crippen LogP contribution in [0.1, 0.15) is 5.56 Å². The molecular formula is C19H18F2N6O. The van der Waals surface area contributed by atoms with E-state index in [-0.39, 0.29) is 17.5 Å². The monoisotopic (exact) mass is 384 g/mol. The number of nitrogens with one attached hydrogen (secondary N) is 3. The molecule has 0 unspecified atom stereocenters. The molecule has 0 aliphatic carbocycles. The molecule has 1 aromatic heterocycles. The standard InChI is InChI=1S/C19H18F2N6O/c1-27-10-11-3-4-12(7-16(11)26-27)24-19-22-9-15(21)18(25-19)23-13-5-6-14(20)17(8-13)28-2/h3-9,26H,10H2,1-2H3,(H2,22,23,24,25). The summed E-state index contributed by atoms with van der Waals surface area (Å²) in [6.45, 7) is 0.817. The van der Waals surface area contributed by atoms with Crippen LogP contribution in [-0.2, 0) is 6.54 Å². The van der Waals surface area contributed by atoms with E-state index < -0.39 is 11.6 Å². The number of fused-ring (bicyclic) bond motifs is 1. The molecule has 9 heteroatoms. The van der Waals surface area contributed by atoms with Crippen molar-refractivity contribution in [2.75, 3.05) is 30.2 Å². The second-order valence-corrected chi connectivity index (χ2v) is 6.33. The Morgan fingerprint density at radius 1 is 1.07 bits per heavy atom. The largest absolute Gasteiger partial charge is 0.494 e. The van der Waals surface area contributed by atoms with Crippen molar-refractivity contribution in [1.29, 1.82) is 0 Å². The van der Waals surface area contributed by atoms with E-state index >= 15 is 0 Å². The highest BCUT2D eigenvalue weighted by Crippen LogP contribution is 2.29. The first-order valence-electron chi connectivity index (χ1n) is 8.52. The summed E-state index contributed by atoms with van der Waals surface area (Å²) in [5.74, 6) is -0.900. The zero-order chi connectivity index (χ0) is 19.7. The van der Waals surface area contributed by atoms with Crippen LogP contribution in [0, 0.1) is 11.6 Å². The summed E-state index contributed by atoms with van der Waals surface area (Å²) in [5.41, 5.74) is 6.61. The molecule has 2 aromatic carbocycles. The molecule has 0 atom stereocenters. The number of hydrogen-bond acceptors (Lipinski definition) is 7. The van der Waals surface area contributed by atoms with Crippen molar-refractivity contribution in [3.8, 4) is 5.75 Å². The lowest BCUT2D eigenvalue weighted by Crippen LogP contribution is -2.16. The van der Waals surface area contributed by atoms with Gasteiger partial charge in [0.15, 0.2) is 23.2 Å². The molecule has 1 aliphatic heterocycles. The minimum Gasteiger partial charge on any atom is -0.494 e. The van der Waals surface area contributed by atoms with Gasteiger partial charge in [0.2, 0.25) is 5.95 Å². The van der Waals surface area contributed by atoms with Crippen molar-refractivity contribution < 1.29 is 13.5 Å². The van der Waals surface area contributed by atoms with Crippen molar-refractivity contribution in [2.24, 2.45) is 0 Å². The van der Waals surface area contributed by atoms with Crippen molar-refractivity contribution in [1.82, 2.24) is 15.0 Å². The molecule has 3 N–H and O–H groups in total. The molecule has 0 fully saturated rings. The summed E-state index contributed by atoms with van der Waals surface area (Å²) >= 11 is 0. The number of anilines is 5. The van der Waals surface area contributed by atoms with Gasteiger partial charge >= 0.3 is 0 Å². The normalized spacial score (nSPS) is 13.0. The summed E-state index contributed by atoms with van der Waals surface area (Å²) in [4.78, 5) is 8.15. The average molecular weight is 384 g/mol. The molecule has 144 valence electrons. The van der Waals surface area contributed by atoms with Gasteiger partial charge < -0.3 is 20.8 Å². The highest BCUT2D eigenvalue weighted by molar-refractivity contribution is 5.66. The van der Waals surface area contributed by atoms with Crippen LogP contribution in [0.4, 0.5) is 37.6 Å². The third kappa shape index (κ3) is 3.65. The van der Waals surface area contributed by atoms with Crippen LogP contribution in [-0.4, -0.2) is 29.1 Å². The molecule has 7 nitrogen and oxygen atoms in total. The maximum Gasteiger partial charge on any atom is 0.229 e. The first-order chi connectivity index (χ1) is 13.5. The van der Waals surface area contributed by atoms with Crippen LogP contribution in [0.15, 0.2) is 42.6 Å². The molecule has 0 bridgehead atoms. The van der Waals surface area contributed by atoms with E-state index in [4.69, 9.17) is 4.74 Å². The van der Waals surface area contributed by atoms with Crippen LogP contribution in [0.25, 0.3) is 0 Å². The Labute approximate surface area is 160 Å². The van der Waals surface area contributed by atoms with Gasteiger partial charge in [0.25, 0.3) is 0 Å². The predicted molar refractivity (Wildman–Crippen MR) is 103 cm³/mol. The Balaban J connectivity index is 1.55.